The summed E-state index contributed by atoms with van der Waals surface area (Å²) in [5.41, 5.74) is 0. The molecule has 0 atom stereocenters. The largest absolute Gasteiger partial charge is 0.469 e. The SMILES string of the molecule is COC(=O)CC(=O)CC(=O)C1CCCCC1. The van der Waals surface area contributed by atoms with Gasteiger partial charge in [0, 0.05) is 5.92 Å². The first-order valence-electron chi connectivity index (χ1n) is 5.74. The van der Waals surface area contributed by atoms with E-state index in [0.717, 1.165) is 25.7 Å². The Morgan fingerprint density at radius 1 is 1.06 bits per heavy atom. The van der Waals surface area contributed by atoms with Crippen LogP contribution in [0, 0.1) is 5.92 Å². The zero-order chi connectivity index (χ0) is 12.0. The number of hydrogen-bond acceptors (Lipinski definition) is 4. The minimum Gasteiger partial charge on any atom is -0.469 e. The van der Waals surface area contributed by atoms with Crippen LogP contribution < -0.4 is 0 Å². The second-order valence-electron chi connectivity index (χ2n) is 4.27. The van der Waals surface area contributed by atoms with Crippen LogP contribution in [-0.2, 0) is 19.1 Å². The summed E-state index contributed by atoms with van der Waals surface area (Å²) < 4.78 is 4.38. The van der Waals surface area contributed by atoms with Gasteiger partial charge in [0.2, 0.25) is 0 Å². The second-order valence-corrected chi connectivity index (χ2v) is 4.27. The summed E-state index contributed by atoms with van der Waals surface area (Å²) in [6.45, 7) is 0. The predicted molar refractivity (Wildman–Crippen MR) is 57.8 cm³/mol. The predicted octanol–water partition coefficient (Wildman–Crippen LogP) is 1.66. The van der Waals surface area contributed by atoms with Gasteiger partial charge in [0.1, 0.15) is 12.2 Å². The van der Waals surface area contributed by atoms with Gasteiger partial charge in [-0.15, -0.1) is 0 Å². The third-order valence-electron chi connectivity index (χ3n) is 3.00. The number of ketones is 2. The van der Waals surface area contributed by atoms with Crippen LogP contribution in [0.2, 0.25) is 0 Å². The summed E-state index contributed by atoms with van der Waals surface area (Å²) in [6.07, 6.45) is 4.71. The Bertz CT molecular complexity index is 277. The lowest BCUT2D eigenvalue weighted by Crippen LogP contribution is -2.22. The second kappa shape index (κ2) is 6.40. The number of esters is 1. The van der Waals surface area contributed by atoms with Crippen LogP contribution in [0.5, 0.6) is 0 Å². The molecule has 0 aromatic carbocycles. The highest BCUT2D eigenvalue weighted by molar-refractivity contribution is 6.06. The van der Waals surface area contributed by atoms with Gasteiger partial charge >= 0.3 is 5.97 Å². The molecular weight excluding hydrogens is 208 g/mol. The first-order chi connectivity index (χ1) is 7.63. The van der Waals surface area contributed by atoms with E-state index in [1.165, 1.54) is 13.5 Å². The fourth-order valence-corrected chi connectivity index (χ4v) is 2.06. The van der Waals surface area contributed by atoms with Crippen LogP contribution in [-0.4, -0.2) is 24.6 Å². The lowest BCUT2D eigenvalue weighted by molar-refractivity contribution is -0.143. The van der Waals surface area contributed by atoms with E-state index in [1.54, 1.807) is 0 Å². The molecule has 4 nitrogen and oxygen atoms in total. The number of carbonyl (C=O) groups excluding carboxylic acids is 3. The molecule has 4 heteroatoms. The van der Waals surface area contributed by atoms with Gasteiger partial charge in [0.05, 0.1) is 13.5 Å². The quantitative estimate of drug-likeness (QED) is 0.528. The average Bonchev–Trinajstić information content (AvgIpc) is 2.29. The molecule has 1 aliphatic carbocycles. The van der Waals surface area contributed by atoms with Gasteiger partial charge in [-0.25, -0.2) is 0 Å². The Balaban J connectivity index is 2.32. The Labute approximate surface area is 95.3 Å². The van der Waals surface area contributed by atoms with Gasteiger partial charge in [-0.05, 0) is 12.8 Å². The van der Waals surface area contributed by atoms with E-state index in [0.29, 0.717) is 0 Å². The van der Waals surface area contributed by atoms with Crippen molar-refractivity contribution in [2.45, 2.75) is 44.9 Å². The molecule has 0 heterocycles. The van der Waals surface area contributed by atoms with E-state index >= 15 is 0 Å². The fraction of sp³-hybridized carbons (Fsp3) is 0.750. The molecule has 0 amide bonds. The van der Waals surface area contributed by atoms with E-state index in [1.807, 2.05) is 0 Å². The van der Waals surface area contributed by atoms with E-state index in [2.05, 4.69) is 4.74 Å². The van der Waals surface area contributed by atoms with Gasteiger partial charge < -0.3 is 4.74 Å². The Morgan fingerprint density at radius 2 is 1.69 bits per heavy atom. The molecule has 0 radical (unpaired) electrons. The fourth-order valence-electron chi connectivity index (χ4n) is 2.06. The number of Topliss-reactive ketones (excluding diaryl/α,β-unsaturated/α-hetero) is 2. The molecule has 90 valence electrons. The summed E-state index contributed by atoms with van der Waals surface area (Å²) in [7, 11) is 1.23. The smallest absolute Gasteiger partial charge is 0.313 e. The standard InChI is InChI=1S/C12H18O4/c1-16-12(15)8-10(13)7-11(14)9-5-3-2-4-6-9/h9H,2-8H2,1H3. The molecule has 1 aliphatic rings. The zero-order valence-corrected chi connectivity index (χ0v) is 9.66. The average molecular weight is 226 g/mol. The minimum atomic E-state index is -0.568. The van der Waals surface area contributed by atoms with E-state index in [-0.39, 0.29) is 30.3 Å². The van der Waals surface area contributed by atoms with Crippen LogP contribution in [0.15, 0.2) is 0 Å². The van der Waals surface area contributed by atoms with Crippen LogP contribution in [0.3, 0.4) is 0 Å². The summed E-state index contributed by atoms with van der Waals surface area (Å²) in [4.78, 5) is 33.9. The Kier molecular flexibility index (Phi) is 5.15. The van der Waals surface area contributed by atoms with Gasteiger partial charge in [-0.1, -0.05) is 19.3 Å². The van der Waals surface area contributed by atoms with Crippen molar-refractivity contribution in [1.82, 2.24) is 0 Å². The molecule has 0 aliphatic heterocycles. The molecule has 0 aromatic rings. The highest BCUT2D eigenvalue weighted by Crippen LogP contribution is 2.25. The number of carbonyl (C=O) groups is 3. The van der Waals surface area contributed by atoms with Crippen LogP contribution in [0.1, 0.15) is 44.9 Å². The molecule has 1 saturated carbocycles. The Hall–Kier alpha value is -1.19. The normalized spacial score (nSPS) is 16.8. The minimum absolute atomic E-state index is 0.00592. The maximum Gasteiger partial charge on any atom is 0.313 e. The number of hydrogen-bond donors (Lipinski definition) is 0. The molecule has 0 bridgehead atoms. The topological polar surface area (TPSA) is 60.4 Å². The highest BCUT2D eigenvalue weighted by atomic mass is 16.5. The molecule has 0 spiro atoms. The molecule has 0 aromatic heterocycles. The molecule has 0 N–H and O–H groups in total. The van der Waals surface area contributed by atoms with Crippen molar-refractivity contribution in [3.63, 3.8) is 0 Å². The third kappa shape index (κ3) is 4.13. The molecule has 16 heavy (non-hydrogen) atoms. The van der Waals surface area contributed by atoms with Crippen molar-refractivity contribution in [2.75, 3.05) is 7.11 Å². The lowest BCUT2D eigenvalue weighted by atomic mass is 9.84. The first kappa shape index (κ1) is 12.9. The van der Waals surface area contributed by atoms with Crippen molar-refractivity contribution >= 4 is 17.5 Å². The van der Waals surface area contributed by atoms with Crippen LogP contribution >= 0.6 is 0 Å². The molecular formula is C12H18O4. The van der Waals surface area contributed by atoms with Crippen LogP contribution in [0.25, 0.3) is 0 Å². The first-order valence-corrected chi connectivity index (χ1v) is 5.74. The summed E-state index contributed by atoms with van der Waals surface area (Å²) in [5.74, 6) is -0.868. The maximum absolute atomic E-state index is 11.7. The summed E-state index contributed by atoms with van der Waals surface area (Å²) in [6, 6.07) is 0. The lowest BCUT2D eigenvalue weighted by Gasteiger charge is -2.19. The summed E-state index contributed by atoms with van der Waals surface area (Å²) in [5, 5.41) is 0. The van der Waals surface area contributed by atoms with Crippen molar-refractivity contribution in [1.29, 1.82) is 0 Å². The van der Waals surface area contributed by atoms with Crippen molar-refractivity contribution < 1.29 is 19.1 Å². The van der Waals surface area contributed by atoms with Gasteiger partial charge in [-0.2, -0.15) is 0 Å². The monoisotopic (exact) mass is 226 g/mol. The molecule has 1 rings (SSSR count). The van der Waals surface area contributed by atoms with Crippen molar-refractivity contribution in [3.05, 3.63) is 0 Å². The number of rotatable bonds is 5. The molecule has 0 saturated heterocycles. The van der Waals surface area contributed by atoms with E-state index < -0.39 is 5.97 Å². The van der Waals surface area contributed by atoms with Gasteiger partial charge in [0.25, 0.3) is 0 Å². The third-order valence-corrected chi connectivity index (χ3v) is 3.00. The van der Waals surface area contributed by atoms with Crippen molar-refractivity contribution in [2.24, 2.45) is 5.92 Å². The van der Waals surface area contributed by atoms with Gasteiger partial charge in [0.15, 0.2) is 5.78 Å². The summed E-state index contributed by atoms with van der Waals surface area (Å²) >= 11 is 0. The van der Waals surface area contributed by atoms with E-state index in [4.69, 9.17) is 0 Å². The van der Waals surface area contributed by atoms with Gasteiger partial charge in [-0.3, -0.25) is 14.4 Å². The molecule has 0 unspecified atom stereocenters. The van der Waals surface area contributed by atoms with E-state index in [9.17, 15) is 14.4 Å². The highest BCUT2D eigenvalue weighted by Gasteiger charge is 2.23. The Morgan fingerprint density at radius 3 is 2.25 bits per heavy atom. The molecule has 1 fully saturated rings. The number of ether oxygens (including phenoxy) is 1. The maximum atomic E-state index is 11.7. The number of methoxy groups -OCH3 is 1. The zero-order valence-electron chi connectivity index (χ0n) is 9.66. The van der Waals surface area contributed by atoms with Crippen molar-refractivity contribution in [3.8, 4) is 0 Å². The van der Waals surface area contributed by atoms with Crippen LogP contribution in [0.4, 0.5) is 0 Å².